The SMILES string of the molecule is [B]N(Cc1ccco1)Cc1ccco1. The summed E-state index contributed by atoms with van der Waals surface area (Å²) in [5.41, 5.74) is 0. The average Bonchev–Trinajstić information content (AvgIpc) is 2.76. The van der Waals surface area contributed by atoms with Crippen LogP contribution in [0.1, 0.15) is 11.5 Å². The standard InChI is InChI=1S/C10H10BNO2/c11-12(7-9-3-1-5-13-9)8-10-4-2-6-14-10/h1-6H,7-8H2. The smallest absolute Gasteiger partial charge is 0.183 e. The number of hydrogen-bond donors (Lipinski definition) is 0. The van der Waals surface area contributed by atoms with E-state index in [0.717, 1.165) is 11.5 Å². The van der Waals surface area contributed by atoms with Gasteiger partial charge in [-0.1, -0.05) is 0 Å². The predicted molar refractivity (Wildman–Crippen MR) is 52.4 cm³/mol. The molecular weight excluding hydrogens is 177 g/mol. The summed E-state index contributed by atoms with van der Waals surface area (Å²) in [6, 6.07) is 7.47. The van der Waals surface area contributed by atoms with Gasteiger partial charge in [-0.15, -0.1) is 0 Å². The van der Waals surface area contributed by atoms with Gasteiger partial charge in [0, 0.05) is 13.1 Å². The highest BCUT2D eigenvalue weighted by Crippen LogP contribution is 2.08. The minimum atomic E-state index is 0.577. The third-order valence-corrected chi connectivity index (χ3v) is 1.88. The van der Waals surface area contributed by atoms with Crippen LogP contribution in [0.5, 0.6) is 0 Å². The summed E-state index contributed by atoms with van der Waals surface area (Å²) in [5, 5.41) is 0. The van der Waals surface area contributed by atoms with Crippen molar-refractivity contribution < 1.29 is 8.83 Å². The molecule has 0 amide bonds. The molecule has 4 heteroatoms. The summed E-state index contributed by atoms with van der Waals surface area (Å²) < 4.78 is 10.3. The van der Waals surface area contributed by atoms with Crippen molar-refractivity contribution in [1.29, 1.82) is 0 Å². The molecule has 3 nitrogen and oxygen atoms in total. The second-order valence-electron chi connectivity index (χ2n) is 3.06. The first kappa shape index (κ1) is 9.15. The Morgan fingerprint density at radius 2 is 1.50 bits per heavy atom. The van der Waals surface area contributed by atoms with E-state index in [1.165, 1.54) is 0 Å². The quantitative estimate of drug-likeness (QED) is 0.685. The fourth-order valence-electron chi connectivity index (χ4n) is 1.26. The fourth-order valence-corrected chi connectivity index (χ4v) is 1.26. The molecule has 0 N–H and O–H groups in total. The maximum absolute atomic E-state index is 5.77. The van der Waals surface area contributed by atoms with Crippen molar-refractivity contribution in [2.75, 3.05) is 0 Å². The molecule has 2 radical (unpaired) electrons. The Morgan fingerprint density at radius 3 is 1.86 bits per heavy atom. The summed E-state index contributed by atoms with van der Waals surface area (Å²) in [7, 11) is 5.77. The van der Waals surface area contributed by atoms with Gasteiger partial charge in [-0.25, -0.2) is 0 Å². The topological polar surface area (TPSA) is 29.5 Å². The molecule has 0 saturated heterocycles. The molecule has 14 heavy (non-hydrogen) atoms. The van der Waals surface area contributed by atoms with Crippen LogP contribution < -0.4 is 0 Å². The zero-order chi connectivity index (χ0) is 9.80. The van der Waals surface area contributed by atoms with E-state index in [9.17, 15) is 0 Å². The van der Waals surface area contributed by atoms with Crippen LogP contribution in [0, 0.1) is 0 Å². The summed E-state index contributed by atoms with van der Waals surface area (Å²) in [6.07, 6.45) is 3.27. The second kappa shape index (κ2) is 4.20. The molecule has 2 rings (SSSR count). The Balaban J connectivity index is 1.88. The lowest BCUT2D eigenvalue weighted by molar-refractivity contribution is 0.347. The number of furan rings is 2. The fraction of sp³-hybridized carbons (Fsp3) is 0.200. The van der Waals surface area contributed by atoms with Crippen molar-refractivity contribution >= 4 is 7.98 Å². The van der Waals surface area contributed by atoms with Crippen LogP contribution in [0.15, 0.2) is 45.6 Å². The molecular formula is C10H10BNO2. The van der Waals surface area contributed by atoms with E-state index in [1.807, 2.05) is 24.3 Å². The van der Waals surface area contributed by atoms with E-state index < -0.39 is 0 Å². The molecule has 0 fully saturated rings. The third-order valence-electron chi connectivity index (χ3n) is 1.88. The maximum atomic E-state index is 5.77. The van der Waals surface area contributed by atoms with Gasteiger partial charge in [-0.2, -0.15) is 0 Å². The zero-order valence-electron chi connectivity index (χ0n) is 7.72. The monoisotopic (exact) mass is 187 g/mol. The highest BCUT2D eigenvalue weighted by molar-refractivity contribution is 6.04. The van der Waals surface area contributed by atoms with Gasteiger partial charge in [0.05, 0.1) is 12.5 Å². The van der Waals surface area contributed by atoms with Crippen molar-refractivity contribution in [2.45, 2.75) is 13.1 Å². The minimum absolute atomic E-state index is 0.577. The summed E-state index contributed by atoms with van der Waals surface area (Å²) in [5.74, 6) is 1.69. The second-order valence-corrected chi connectivity index (χ2v) is 3.06. The van der Waals surface area contributed by atoms with E-state index in [-0.39, 0.29) is 0 Å². The number of hydrogen-bond acceptors (Lipinski definition) is 3. The summed E-state index contributed by atoms with van der Waals surface area (Å²) in [6.45, 7) is 1.15. The number of rotatable bonds is 4. The van der Waals surface area contributed by atoms with Gasteiger partial charge in [0.25, 0.3) is 0 Å². The molecule has 2 aromatic rings. The van der Waals surface area contributed by atoms with Crippen LogP contribution in [-0.4, -0.2) is 12.8 Å². The van der Waals surface area contributed by atoms with Crippen molar-refractivity contribution in [1.82, 2.24) is 4.81 Å². The third kappa shape index (κ3) is 2.29. The maximum Gasteiger partial charge on any atom is 0.183 e. The molecule has 0 atom stereocenters. The first-order valence-corrected chi connectivity index (χ1v) is 4.39. The molecule has 0 aliphatic rings. The van der Waals surface area contributed by atoms with Gasteiger partial charge in [0.15, 0.2) is 7.98 Å². The van der Waals surface area contributed by atoms with E-state index >= 15 is 0 Å². The van der Waals surface area contributed by atoms with Crippen LogP contribution in [-0.2, 0) is 13.1 Å². The Morgan fingerprint density at radius 1 is 1.00 bits per heavy atom. The molecule has 0 spiro atoms. The van der Waals surface area contributed by atoms with Gasteiger partial charge in [0.1, 0.15) is 11.5 Å². The first-order valence-electron chi connectivity index (χ1n) is 4.39. The normalized spacial score (nSPS) is 10.9. The predicted octanol–water partition coefficient (Wildman–Crippen LogP) is 1.96. The highest BCUT2D eigenvalue weighted by Gasteiger charge is 2.04. The zero-order valence-corrected chi connectivity index (χ0v) is 7.72. The molecule has 0 aliphatic heterocycles. The van der Waals surface area contributed by atoms with Gasteiger partial charge in [-0.3, -0.25) is 0 Å². The van der Waals surface area contributed by atoms with Gasteiger partial charge < -0.3 is 13.6 Å². The van der Waals surface area contributed by atoms with Crippen molar-refractivity contribution in [3.63, 3.8) is 0 Å². The average molecular weight is 187 g/mol. The van der Waals surface area contributed by atoms with Gasteiger partial charge in [0.2, 0.25) is 0 Å². The van der Waals surface area contributed by atoms with E-state index in [0.29, 0.717) is 13.1 Å². The Labute approximate surface area is 83.7 Å². The molecule has 2 heterocycles. The van der Waals surface area contributed by atoms with Crippen LogP contribution in [0.25, 0.3) is 0 Å². The van der Waals surface area contributed by atoms with Crippen LogP contribution in [0.2, 0.25) is 0 Å². The van der Waals surface area contributed by atoms with Gasteiger partial charge >= 0.3 is 0 Å². The number of nitrogens with zero attached hydrogens (tertiary/aromatic N) is 1. The summed E-state index contributed by atoms with van der Waals surface area (Å²) in [4.78, 5) is 1.64. The highest BCUT2D eigenvalue weighted by atomic mass is 16.3. The Hall–Kier alpha value is -1.42. The first-order chi connectivity index (χ1) is 6.84. The largest absolute Gasteiger partial charge is 0.468 e. The van der Waals surface area contributed by atoms with Gasteiger partial charge in [-0.05, 0) is 24.3 Å². The molecule has 2 aromatic heterocycles. The van der Waals surface area contributed by atoms with Crippen LogP contribution >= 0.6 is 0 Å². The Bertz CT molecular complexity index is 319. The lowest BCUT2D eigenvalue weighted by Crippen LogP contribution is -2.18. The lowest BCUT2D eigenvalue weighted by atomic mass is 10.2. The van der Waals surface area contributed by atoms with Crippen molar-refractivity contribution in [3.05, 3.63) is 48.3 Å². The molecule has 0 aromatic carbocycles. The Kier molecular flexibility index (Phi) is 2.74. The summed E-state index contributed by atoms with van der Waals surface area (Å²) >= 11 is 0. The van der Waals surface area contributed by atoms with Crippen LogP contribution in [0.4, 0.5) is 0 Å². The van der Waals surface area contributed by atoms with Crippen molar-refractivity contribution in [2.24, 2.45) is 0 Å². The molecule has 0 bridgehead atoms. The van der Waals surface area contributed by atoms with E-state index in [2.05, 4.69) is 0 Å². The van der Waals surface area contributed by atoms with Crippen molar-refractivity contribution in [3.8, 4) is 0 Å². The minimum Gasteiger partial charge on any atom is -0.468 e. The molecule has 0 unspecified atom stereocenters. The van der Waals surface area contributed by atoms with Crippen LogP contribution in [0.3, 0.4) is 0 Å². The molecule has 70 valence electrons. The van der Waals surface area contributed by atoms with E-state index in [1.54, 1.807) is 17.3 Å². The molecule has 0 saturated carbocycles. The molecule has 0 aliphatic carbocycles. The van der Waals surface area contributed by atoms with E-state index in [4.69, 9.17) is 16.8 Å². The lowest BCUT2D eigenvalue weighted by Gasteiger charge is -2.13.